The quantitative estimate of drug-likeness (QED) is 0.725. The zero-order valence-corrected chi connectivity index (χ0v) is 13.6. The van der Waals surface area contributed by atoms with E-state index >= 15 is 0 Å². The topological polar surface area (TPSA) is 75.6 Å². The van der Waals surface area contributed by atoms with Gasteiger partial charge < -0.3 is 15.2 Å². The maximum Gasteiger partial charge on any atom is 0.310 e. The second kappa shape index (κ2) is 8.72. The van der Waals surface area contributed by atoms with Crippen LogP contribution in [0.25, 0.3) is 0 Å². The molecule has 5 nitrogen and oxygen atoms in total. The molecule has 0 saturated heterocycles. The summed E-state index contributed by atoms with van der Waals surface area (Å²) < 4.78 is 5.54. The van der Waals surface area contributed by atoms with Gasteiger partial charge in [-0.1, -0.05) is 30.3 Å². The molecule has 1 unspecified atom stereocenters. The van der Waals surface area contributed by atoms with Gasteiger partial charge in [-0.3, -0.25) is 9.59 Å². The molecule has 0 fully saturated rings. The summed E-state index contributed by atoms with van der Waals surface area (Å²) >= 11 is 0. The predicted molar refractivity (Wildman–Crippen MR) is 92.3 cm³/mol. The Kier molecular flexibility index (Phi) is 6.37. The van der Waals surface area contributed by atoms with Crippen molar-refractivity contribution in [3.05, 3.63) is 60.2 Å². The fourth-order valence-electron chi connectivity index (χ4n) is 2.16. The molecular weight excluding hydrogens is 306 g/mol. The van der Waals surface area contributed by atoms with E-state index in [0.717, 1.165) is 5.75 Å². The largest absolute Gasteiger partial charge is 0.494 e. The van der Waals surface area contributed by atoms with Gasteiger partial charge in [0.15, 0.2) is 0 Å². The number of aliphatic carboxylic acids is 1. The molecule has 24 heavy (non-hydrogen) atoms. The van der Waals surface area contributed by atoms with E-state index in [1.54, 1.807) is 31.2 Å². The molecule has 0 saturated carbocycles. The van der Waals surface area contributed by atoms with Crippen LogP contribution in [0.1, 0.15) is 31.2 Å². The molecule has 126 valence electrons. The number of rotatable bonds is 8. The molecule has 2 aromatic rings. The van der Waals surface area contributed by atoms with E-state index in [4.69, 9.17) is 9.84 Å². The number of nitrogens with one attached hydrogen (secondary N) is 1. The summed E-state index contributed by atoms with van der Waals surface area (Å²) in [5, 5.41) is 11.8. The number of ether oxygens (including phenoxy) is 1. The summed E-state index contributed by atoms with van der Waals surface area (Å²) in [7, 11) is 0. The minimum absolute atomic E-state index is 0.0919. The van der Waals surface area contributed by atoms with Crippen LogP contribution < -0.4 is 10.1 Å². The zero-order chi connectivity index (χ0) is 17.4. The average molecular weight is 327 g/mol. The van der Waals surface area contributed by atoms with Crippen LogP contribution in [0.15, 0.2) is 54.6 Å². The fraction of sp³-hybridized carbons (Fsp3) is 0.263. The lowest BCUT2D eigenvalue weighted by atomic mass is 10.0. The van der Waals surface area contributed by atoms with Crippen molar-refractivity contribution in [2.24, 2.45) is 0 Å². The van der Waals surface area contributed by atoms with Gasteiger partial charge in [-0.05, 0) is 43.2 Å². The molecule has 0 heterocycles. The number of carbonyl (C=O) groups is 2. The van der Waals surface area contributed by atoms with Crippen LogP contribution in [0.2, 0.25) is 0 Å². The molecule has 0 aliphatic rings. The van der Waals surface area contributed by atoms with E-state index in [-0.39, 0.29) is 5.91 Å². The third kappa shape index (κ3) is 5.43. The van der Waals surface area contributed by atoms with Crippen molar-refractivity contribution in [3.63, 3.8) is 0 Å². The number of hydrogen-bond donors (Lipinski definition) is 2. The number of amides is 1. The molecule has 2 aromatic carbocycles. The van der Waals surface area contributed by atoms with Crippen LogP contribution in [0.4, 0.5) is 5.69 Å². The SMILES string of the molecule is CC(C(=O)O)c1ccc(NC(=O)CCCOc2ccccc2)cc1. The number of carbonyl (C=O) groups excluding carboxylic acids is 1. The first-order chi connectivity index (χ1) is 11.6. The highest BCUT2D eigenvalue weighted by atomic mass is 16.5. The minimum Gasteiger partial charge on any atom is -0.494 e. The van der Waals surface area contributed by atoms with Crippen LogP contribution in [0.3, 0.4) is 0 Å². The lowest BCUT2D eigenvalue weighted by Crippen LogP contribution is -2.13. The molecule has 2 N–H and O–H groups in total. The molecule has 5 heteroatoms. The summed E-state index contributed by atoms with van der Waals surface area (Å²) in [5.74, 6) is -0.734. The predicted octanol–water partition coefficient (Wildman–Crippen LogP) is 3.67. The molecule has 0 aliphatic carbocycles. The Labute approximate surface area is 141 Å². The number of benzene rings is 2. The van der Waals surface area contributed by atoms with Crippen molar-refractivity contribution in [3.8, 4) is 5.75 Å². The van der Waals surface area contributed by atoms with Crippen LogP contribution in [-0.2, 0) is 9.59 Å². The van der Waals surface area contributed by atoms with Crippen molar-refractivity contribution >= 4 is 17.6 Å². The minimum atomic E-state index is -0.870. The first kappa shape index (κ1) is 17.5. The highest BCUT2D eigenvalue weighted by molar-refractivity contribution is 5.90. The lowest BCUT2D eigenvalue weighted by Gasteiger charge is -2.09. The summed E-state index contributed by atoms with van der Waals surface area (Å²) in [4.78, 5) is 22.8. The molecule has 1 atom stereocenters. The van der Waals surface area contributed by atoms with E-state index in [9.17, 15) is 9.59 Å². The Bertz CT molecular complexity index is 668. The third-order valence-corrected chi connectivity index (χ3v) is 3.62. The maximum absolute atomic E-state index is 11.9. The molecule has 2 rings (SSSR count). The lowest BCUT2D eigenvalue weighted by molar-refractivity contribution is -0.138. The monoisotopic (exact) mass is 327 g/mol. The Morgan fingerprint density at radius 1 is 1.08 bits per heavy atom. The number of carboxylic acids is 1. The molecular formula is C19H21NO4. The van der Waals surface area contributed by atoms with Gasteiger partial charge >= 0.3 is 5.97 Å². The van der Waals surface area contributed by atoms with Gasteiger partial charge in [-0.25, -0.2) is 0 Å². The third-order valence-electron chi connectivity index (χ3n) is 3.62. The van der Waals surface area contributed by atoms with Crippen LogP contribution in [-0.4, -0.2) is 23.6 Å². The first-order valence-electron chi connectivity index (χ1n) is 7.86. The standard InChI is InChI=1S/C19H21NO4/c1-14(19(22)23)15-9-11-16(12-10-15)20-18(21)8-5-13-24-17-6-3-2-4-7-17/h2-4,6-7,9-12,14H,5,8,13H2,1H3,(H,20,21)(H,22,23). The van der Waals surface area contributed by atoms with Gasteiger partial charge in [0.25, 0.3) is 0 Å². The molecule has 0 spiro atoms. The van der Waals surface area contributed by atoms with Crippen LogP contribution in [0.5, 0.6) is 5.75 Å². The summed E-state index contributed by atoms with van der Waals surface area (Å²) in [5.41, 5.74) is 1.36. The number of anilines is 1. The van der Waals surface area contributed by atoms with E-state index in [0.29, 0.717) is 30.7 Å². The number of carboxylic acid groups (broad SMARTS) is 1. The van der Waals surface area contributed by atoms with Gasteiger partial charge in [0.1, 0.15) is 5.75 Å². The van der Waals surface area contributed by atoms with Crippen molar-refractivity contribution in [2.75, 3.05) is 11.9 Å². The van der Waals surface area contributed by atoms with Crippen LogP contribution >= 0.6 is 0 Å². The van der Waals surface area contributed by atoms with Crippen molar-refractivity contribution in [1.82, 2.24) is 0 Å². The molecule has 0 bridgehead atoms. The van der Waals surface area contributed by atoms with Gasteiger partial charge in [-0.15, -0.1) is 0 Å². The smallest absolute Gasteiger partial charge is 0.310 e. The maximum atomic E-state index is 11.9. The van der Waals surface area contributed by atoms with E-state index in [1.165, 1.54) is 0 Å². The molecule has 1 amide bonds. The molecule has 0 radical (unpaired) electrons. The Morgan fingerprint density at radius 2 is 1.75 bits per heavy atom. The van der Waals surface area contributed by atoms with Gasteiger partial charge in [-0.2, -0.15) is 0 Å². The zero-order valence-electron chi connectivity index (χ0n) is 13.6. The first-order valence-corrected chi connectivity index (χ1v) is 7.86. The highest BCUT2D eigenvalue weighted by Crippen LogP contribution is 2.18. The summed E-state index contributed by atoms with van der Waals surface area (Å²) in [6.45, 7) is 2.11. The highest BCUT2D eigenvalue weighted by Gasteiger charge is 2.13. The number of para-hydroxylation sites is 1. The van der Waals surface area contributed by atoms with Gasteiger partial charge in [0.2, 0.25) is 5.91 Å². The van der Waals surface area contributed by atoms with E-state index in [1.807, 2.05) is 30.3 Å². The molecule has 0 aromatic heterocycles. The fourth-order valence-corrected chi connectivity index (χ4v) is 2.16. The second-order valence-electron chi connectivity index (χ2n) is 5.50. The van der Waals surface area contributed by atoms with Crippen molar-refractivity contribution in [1.29, 1.82) is 0 Å². The Morgan fingerprint density at radius 3 is 2.38 bits per heavy atom. The van der Waals surface area contributed by atoms with Gasteiger partial charge in [0.05, 0.1) is 12.5 Å². The van der Waals surface area contributed by atoms with Gasteiger partial charge in [0, 0.05) is 12.1 Å². The molecule has 0 aliphatic heterocycles. The summed E-state index contributed by atoms with van der Waals surface area (Å²) in [6.07, 6.45) is 0.981. The Hall–Kier alpha value is -2.82. The normalized spacial score (nSPS) is 11.5. The second-order valence-corrected chi connectivity index (χ2v) is 5.50. The van der Waals surface area contributed by atoms with Crippen LogP contribution in [0, 0.1) is 0 Å². The number of hydrogen-bond acceptors (Lipinski definition) is 3. The van der Waals surface area contributed by atoms with E-state index < -0.39 is 11.9 Å². The summed E-state index contributed by atoms with van der Waals surface area (Å²) in [6, 6.07) is 16.3. The van der Waals surface area contributed by atoms with E-state index in [2.05, 4.69) is 5.32 Å². The van der Waals surface area contributed by atoms with Crippen molar-refractivity contribution in [2.45, 2.75) is 25.7 Å². The average Bonchev–Trinajstić information content (AvgIpc) is 2.59. The Balaban J connectivity index is 1.73. The van der Waals surface area contributed by atoms with Crippen molar-refractivity contribution < 1.29 is 19.4 Å².